The maximum Gasteiger partial charge on any atom is 0.165 e. The number of aliphatic hydroxyl groups excluding tert-OH is 1. The smallest absolute Gasteiger partial charge is 0.165 e. The van der Waals surface area contributed by atoms with Crippen LogP contribution in [0.2, 0.25) is 0 Å². The van der Waals surface area contributed by atoms with Gasteiger partial charge in [0, 0.05) is 16.6 Å². The zero-order valence-electron chi connectivity index (χ0n) is 19.6. The molecule has 1 aromatic heterocycles. The second kappa shape index (κ2) is 9.42. The lowest BCUT2D eigenvalue weighted by molar-refractivity contribution is 0.157. The van der Waals surface area contributed by atoms with E-state index in [1.807, 2.05) is 45.9 Å². The molecule has 0 atom stereocenters. The lowest BCUT2D eigenvalue weighted by atomic mass is 9.86. The van der Waals surface area contributed by atoms with E-state index in [9.17, 15) is 5.11 Å². The van der Waals surface area contributed by atoms with E-state index < -0.39 is 5.60 Å². The van der Waals surface area contributed by atoms with Crippen LogP contribution in [0.5, 0.6) is 5.75 Å². The van der Waals surface area contributed by atoms with Gasteiger partial charge in [-0.3, -0.25) is 0 Å². The molecule has 1 saturated carbocycles. The van der Waals surface area contributed by atoms with Crippen molar-refractivity contribution in [2.45, 2.75) is 72.3 Å². The second-order valence-corrected chi connectivity index (χ2v) is 8.31. The summed E-state index contributed by atoms with van der Waals surface area (Å²) in [5.74, 6) is 0.880. The summed E-state index contributed by atoms with van der Waals surface area (Å²) in [5.41, 5.74) is 4.20. The van der Waals surface area contributed by atoms with Crippen LogP contribution in [0, 0.1) is 0 Å². The number of nitrogens with one attached hydrogen (secondary N) is 1. The summed E-state index contributed by atoms with van der Waals surface area (Å²) in [6.45, 7) is 18.3. The fraction of sp³-hybridized carbons (Fsp3) is 0.407. The quantitative estimate of drug-likeness (QED) is 0.428. The molecule has 0 radical (unpaired) electrons. The van der Waals surface area contributed by atoms with Crippen LogP contribution in [0.4, 0.5) is 0 Å². The van der Waals surface area contributed by atoms with Crippen LogP contribution in [0.1, 0.15) is 66.9 Å². The van der Waals surface area contributed by atoms with Gasteiger partial charge in [-0.05, 0) is 59.7 Å². The van der Waals surface area contributed by atoms with Crippen LogP contribution in [0.15, 0.2) is 60.9 Å². The number of H-pyrrole nitrogens is 1. The van der Waals surface area contributed by atoms with Gasteiger partial charge in [-0.2, -0.15) is 0 Å². The highest BCUT2D eigenvalue weighted by Gasteiger charge is 2.49. The number of benzene rings is 2. The Balaban J connectivity index is 0.000000757. The van der Waals surface area contributed by atoms with E-state index >= 15 is 0 Å². The van der Waals surface area contributed by atoms with E-state index in [0.717, 1.165) is 35.2 Å². The van der Waals surface area contributed by atoms with Crippen LogP contribution in [0.3, 0.4) is 0 Å². The van der Waals surface area contributed by atoms with Gasteiger partial charge in [0.1, 0.15) is 11.5 Å². The van der Waals surface area contributed by atoms with E-state index in [1.54, 1.807) is 0 Å². The van der Waals surface area contributed by atoms with Gasteiger partial charge in [0.25, 0.3) is 0 Å². The summed E-state index contributed by atoms with van der Waals surface area (Å²) in [6, 6.07) is 16.8. The van der Waals surface area contributed by atoms with Crippen LogP contribution in [0.25, 0.3) is 22.2 Å². The molecule has 0 amide bonds. The maximum atomic E-state index is 9.74. The SMILES string of the molecule is C=C(O)C1(Oc2ccc3[nH]c(-c4cccc(C(C)(C)C)c4)cc3c2)CC1.CC.CC. The van der Waals surface area contributed by atoms with Crippen molar-refractivity contribution in [3.63, 3.8) is 0 Å². The van der Waals surface area contributed by atoms with Gasteiger partial charge in [0.15, 0.2) is 5.60 Å². The highest BCUT2D eigenvalue weighted by molar-refractivity contribution is 5.87. The number of aliphatic hydroxyl groups is 1. The Morgan fingerprint density at radius 1 is 1.00 bits per heavy atom. The minimum Gasteiger partial charge on any atom is -0.509 e. The summed E-state index contributed by atoms with van der Waals surface area (Å²) in [5, 5.41) is 10.8. The van der Waals surface area contributed by atoms with Gasteiger partial charge in [0.05, 0.1) is 0 Å². The zero-order valence-corrected chi connectivity index (χ0v) is 19.6. The molecule has 1 fully saturated rings. The Morgan fingerprint density at radius 3 is 2.23 bits per heavy atom. The van der Waals surface area contributed by atoms with Gasteiger partial charge in [-0.1, -0.05) is 73.2 Å². The molecule has 30 heavy (non-hydrogen) atoms. The Kier molecular flexibility index (Phi) is 7.41. The van der Waals surface area contributed by atoms with Gasteiger partial charge >= 0.3 is 0 Å². The monoisotopic (exact) mass is 407 g/mol. The molecule has 2 N–H and O–H groups in total. The molecule has 3 heteroatoms. The summed E-state index contributed by atoms with van der Waals surface area (Å²) in [4.78, 5) is 3.50. The molecule has 0 aliphatic heterocycles. The molecule has 0 spiro atoms. The Labute approximate surface area is 181 Å². The first-order valence-corrected chi connectivity index (χ1v) is 11.1. The number of aromatic nitrogens is 1. The molecule has 1 aliphatic carbocycles. The van der Waals surface area contributed by atoms with Crippen molar-refractivity contribution in [2.24, 2.45) is 0 Å². The molecule has 1 heterocycles. The van der Waals surface area contributed by atoms with Crippen molar-refractivity contribution in [1.29, 1.82) is 0 Å². The van der Waals surface area contributed by atoms with Crippen molar-refractivity contribution in [1.82, 2.24) is 4.98 Å². The van der Waals surface area contributed by atoms with Crippen molar-refractivity contribution in [3.05, 3.63) is 66.4 Å². The van der Waals surface area contributed by atoms with Crippen LogP contribution < -0.4 is 4.74 Å². The molecule has 3 aromatic rings. The molecular weight excluding hydrogens is 370 g/mol. The normalized spacial score (nSPS) is 14.1. The third-order valence-electron chi connectivity index (χ3n) is 5.18. The first-order chi connectivity index (χ1) is 14.3. The average molecular weight is 408 g/mol. The number of ether oxygens (including phenoxy) is 1. The number of hydrogen-bond donors (Lipinski definition) is 2. The Morgan fingerprint density at radius 2 is 1.67 bits per heavy atom. The lowest BCUT2D eigenvalue weighted by Crippen LogP contribution is -2.20. The lowest BCUT2D eigenvalue weighted by Gasteiger charge is -2.19. The summed E-state index contributed by atoms with van der Waals surface area (Å²) in [6.07, 6.45) is 1.64. The number of fused-ring (bicyclic) bond motifs is 1. The molecule has 0 bridgehead atoms. The Hall–Kier alpha value is -2.68. The van der Waals surface area contributed by atoms with Gasteiger partial charge in [-0.15, -0.1) is 0 Å². The van der Waals surface area contributed by atoms with E-state index in [0.29, 0.717) is 0 Å². The summed E-state index contributed by atoms with van der Waals surface area (Å²) < 4.78 is 6.00. The molecule has 162 valence electrons. The van der Waals surface area contributed by atoms with Gasteiger partial charge < -0.3 is 14.8 Å². The first-order valence-electron chi connectivity index (χ1n) is 11.1. The highest BCUT2D eigenvalue weighted by Crippen LogP contribution is 2.45. The minimum absolute atomic E-state index is 0.117. The highest BCUT2D eigenvalue weighted by atomic mass is 16.5. The van der Waals surface area contributed by atoms with Crippen molar-refractivity contribution in [3.8, 4) is 17.0 Å². The Bertz CT molecular complexity index is 988. The zero-order chi connectivity index (χ0) is 22.5. The first kappa shape index (κ1) is 23.6. The van der Waals surface area contributed by atoms with Crippen molar-refractivity contribution in [2.75, 3.05) is 0 Å². The summed E-state index contributed by atoms with van der Waals surface area (Å²) >= 11 is 0. The molecule has 0 unspecified atom stereocenters. The van der Waals surface area contributed by atoms with E-state index in [1.165, 1.54) is 11.1 Å². The summed E-state index contributed by atoms with van der Waals surface area (Å²) in [7, 11) is 0. The topological polar surface area (TPSA) is 45.2 Å². The van der Waals surface area contributed by atoms with Crippen LogP contribution in [-0.2, 0) is 5.41 Å². The van der Waals surface area contributed by atoms with E-state index in [2.05, 4.69) is 62.7 Å². The van der Waals surface area contributed by atoms with Gasteiger partial charge in [-0.25, -0.2) is 0 Å². The number of hydrogen-bond acceptors (Lipinski definition) is 2. The molecule has 2 aromatic carbocycles. The predicted octanol–water partition coefficient (Wildman–Crippen LogP) is 8.17. The largest absolute Gasteiger partial charge is 0.509 e. The fourth-order valence-electron chi connectivity index (χ4n) is 3.27. The fourth-order valence-corrected chi connectivity index (χ4v) is 3.27. The van der Waals surface area contributed by atoms with E-state index in [-0.39, 0.29) is 11.2 Å². The van der Waals surface area contributed by atoms with E-state index in [4.69, 9.17) is 4.74 Å². The second-order valence-electron chi connectivity index (χ2n) is 8.31. The van der Waals surface area contributed by atoms with Crippen LogP contribution >= 0.6 is 0 Å². The van der Waals surface area contributed by atoms with Crippen molar-refractivity contribution >= 4 is 10.9 Å². The minimum atomic E-state index is -0.576. The molecule has 3 nitrogen and oxygen atoms in total. The third-order valence-corrected chi connectivity index (χ3v) is 5.18. The third kappa shape index (κ3) is 5.08. The number of aromatic amines is 1. The van der Waals surface area contributed by atoms with Crippen molar-refractivity contribution < 1.29 is 9.84 Å². The molecular formula is C27H37NO2. The molecule has 0 saturated heterocycles. The van der Waals surface area contributed by atoms with Gasteiger partial charge in [0.2, 0.25) is 0 Å². The van der Waals surface area contributed by atoms with Crippen LogP contribution in [-0.4, -0.2) is 15.7 Å². The standard InChI is InChI=1S/C23H25NO2.2C2H6/c1-15(25)23(10-11-23)26-19-8-9-20-17(13-19)14-21(24-20)16-6-5-7-18(12-16)22(2,3)4;2*1-2/h5-9,12-14,24-25H,1,10-11H2,2-4H3;2*1-2H3. The predicted molar refractivity (Wildman–Crippen MR) is 129 cm³/mol. The number of rotatable bonds is 4. The molecule has 4 rings (SSSR count). The maximum absolute atomic E-state index is 9.74. The molecule has 1 aliphatic rings. The average Bonchev–Trinajstić information content (AvgIpc) is 3.40.